The molecule has 1 fully saturated rings. The summed E-state index contributed by atoms with van der Waals surface area (Å²) in [4.78, 5) is 33.0. The number of methoxy groups -OCH3 is 1. The SMILES string of the molecule is COCCCNc1nc2ccccn2c(=O)c1C=C1SC(=S)N(CCc2ccccc2)C1=O. The number of hydrogen-bond donors (Lipinski definition) is 1. The Balaban J connectivity index is 1.62. The molecule has 1 aliphatic heterocycles. The average Bonchev–Trinajstić information content (AvgIpc) is 3.10. The van der Waals surface area contributed by atoms with Crippen molar-refractivity contribution in [3.05, 3.63) is 81.1 Å². The lowest BCUT2D eigenvalue weighted by atomic mass is 10.1. The van der Waals surface area contributed by atoms with Crippen LogP contribution in [0.4, 0.5) is 5.82 Å². The van der Waals surface area contributed by atoms with Crippen molar-refractivity contribution < 1.29 is 9.53 Å². The van der Waals surface area contributed by atoms with Crippen LogP contribution < -0.4 is 10.9 Å². The minimum Gasteiger partial charge on any atom is -0.385 e. The van der Waals surface area contributed by atoms with Gasteiger partial charge in [0.1, 0.15) is 15.8 Å². The van der Waals surface area contributed by atoms with E-state index in [1.54, 1.807) is 36.4 Å². The fraction of sp³-hybridized carbons (Fsp3) is 0.250. The van der Waals surface area contributed by atoms with E-state index in [-0.39, 0.29) is 11.5 Å². The van der Waals surface area contributed by atoms with Crippen molar-refractivity contribution in [3.8, 4) is 0 Å². The zero-order valence-corrected chi connectivity index (χ0v) is 19.8. The minimum atomic E-state index is -0.246. The normalized spacial score (nSPS) is 15.1. The highest BCUT2D eigenvalue weighted by Crippen LogP contribution is 2.33. The Bertz CT molecular complexity index is 1260. The third-order valence-electron chi connectivity index (χ3n) is 5.20. The lowest BCUT2D eigenvalue weighted by molar-refractivity contribution is -0.122. The first kappa shape index (κ1) is 23.2. The van der Waals surface area contributed by atoms with Crippen LogP contribution in [0.3, 0.4) is 0 Å². The van der Waals surface area contributed by atoms with Crippen LogP contribution in [0.2, 0.25) is 0 Å². The second-order valence-corrected chi connectivity index (χ2v) is 9.13. The number of anilines is 1. The highest BCUT2D eigenvalue weighted by Gasteiger charge is 2.32. The van der Waals surface area contributed by atoms with Gasteiger partial charge in [-0.15, -0.1) is 0 Å². The van der Waals surface area contributed by atoms with Gasteiger partial charge >= 0.3 is 0 Å². The molecule has 1 aliphatic rings. The average molecular weight is 481 g/mol. The number of ether oxygens (including phenoxy) is 1. The van der Waals surface area contributed by atoms with Gasteiger partial charge in [0.25, 0.3) is 11.5 Å². The second-order valence-electron chi connectivity index (χ2n) is 7.45. The molecule has 0 unspecified atom stereocenters. The van der Waals surface area contributed by atoms with Crippen molar-refractivity contribution in [2.45, 2.75) is 12.8 Å². The van der Waals surface area contributed by atoms with Crippen molar-refractivity contribution in [2.24, 2.45) is 0 Å². The third-order valence-corrected chi connectivity index (χ3v) is 6.58. The topological polar surface area (TPSA) is 75.9 Å². The van der Waals surface area contributed by atoms with Crippen molar-refractivity contribution in [1.82, 2.24) is 14.3 Å². The largest absolute Gasteiger partial charge is 0.385 e. The lowest BCUT2D eigenvalue weighted by Gasteiger charge is -2.14. The van der Waals surface area contributed by atoms with Gasteiger partial charge in [-0.3, -0.25) is 18.9 Å². The number of amides is 1. The molecule has 3 heterocycles. The Morgan fingerprint density at radius 3 is 2.73 bits per heavy atom. The Hall–Kier alpha value is -3.01. The van der Waals surface area contributed by atoms with Gasteiger partial charge in [-0.25, -0.2) is 4.98 Å². The Kier molecular flexibility index (Phi) is 7.54. The fourth-order valence-electron chi connectivity index (χ4n) is 3.50. The molecule has 1 amide bonds. The van der Waals surface area contributed by atoms with Crippen molar-refractivity contribution in [3.63, 3.8) is 0 Å². The van der Waals surface area contributed by atoms with E-state index in [1.807, 2.05) is 36.4 Å². The number of carbonyl (C=O) groups is 1. The first-order valence-corrected chi connectivity index (χ1v) is 11.8. The van der Waals surface area contributed by atoms with E-state index < -0.39 is 0 Å². The summed E-state index contributed by atoms with van der Waals surface area (Å²) < 4.78 is 7.06. The van der Waals surface area contributed by atoms with Crippen LogP contribution in [0.5, 0.6) is 0 Å². The van der Waals surface area contributed by atoms with Crippen LogP contribution >= 0.6 is 24.0 Å². The Morgan fingerprint density at radius 2 is 1.94 bits per heavy atom. The van der Waals surface area contributed by atoms with Gasteiger partial charge in [0, 0.05) is 33.0 Å². The van der Waals surface area contributed by atoms with Crippen LogP contribution in [0.1, 0.15) is 17.5 Å². The summed E-state index contributed by atoms with van der Waals surface area (Å²) in [6.45, 7) is 1.67. The highest BCUT2D eigenvalue weighted by molar-refractivity contribution is 8.26. The molecule has 0 spiro atoms. The number of thiocarbonyl (C=S) groups is 1. The lowest BCUT2D eigenvalue weighted by Crippen LogP contribution is -2.30. The number of rotatable bonds is 9. The molecular weight excluding hydrogens is 456 g/mol. The number of fused-ring (bicyclic) bond motifs is 1. The van der Waals surface area contributed by atoms with Gasteiger partial charge in [-0.2, -0.15) is 0 Å². The van der Waals surface area contributed by atoms with Crippen LogP contribution in [-0.4, -0.2) is 51.3 Å². The van der Waals surface area contributed by atoms with Gasteiger partial charge in [0.15, 0.2) is 0 Å². The number of nitrogens with one attached hydrogen (secondary N) is 1. The van der Waals surface area contributed by atoms with Gasteiger partial charge in [0.05, 0.1) is 10.5 Å². The molecule has 170 valence electrons. The fourth-order valence-corrected chi connectivity index (χ4v) is 4.79. The standard InChI is InChI=1S/C24H24N4O3S2/c1-31-15-7-12-25-21-18(22(29)27-13-6-5-10-20(27)26-21)16-19-23(30)28(24(32)33-19)14-11-17-8-3-2-4-9-17/h2-6,8-10,13,16,25H,7,11-12,14-15H2,1H3. The zero-order chi connectivity index (χ0) is 23.2. The predicted octanol–water partition coefficient (Wildman–Crippen LogP) is 3.59. The minimum absolute atomic E-state index is 0.191. The molecule has 0 aliphatic carbocycles. The smallest absolute Gasteiger partial charge is 0.267 e. The quantitative estimate of drug-likeness (QED) is 0.285. The molecule has 3 aromatic rings. The number of carbonyl (C=O) groups excluding carboxylic acids is 1. The van der Waals surface area contributed by atoms with Crippen LogP contribution in [-0.2, 0) is 16.0 Å². The van der Waals surface area contributed by atoms with E-state index in [9.17, 15) is 9.59 Å². The van der Waals surface area contributed by atoms with Gasteiger partial charge in [0.2, 0.25) is 0 Å². The number of pyridine rings is 1. The molecule has 7 nitrogen and oxygen atoms in total. The van der Waals surface area contributed by atoms with Crippen LogP contribution in [0.25, 0.3) is 11.7 Å². The van der Waals surface area contributed by atoms with Gasteiger partial charge in [-0.1, -0.05) is 60.4 Å². The maximum Gasteiger partial charge on any atom is 0.267 e. The molecule has 1 aromatic carbocycles. The number of aromatic nitrogens is 2. The number of hydrogen-bond acceptors (Lipinski definition) is 7. The zero-order valence-electron chi connectivity index (χ0n) is 18.2. The predicted molar refractivity (Wildman–Crippen MR) is 136 cm³/mol. The van der Waals surface area contributed by atoms with Gasteiger partial charge < -0.3 is 10.1 Å². The van der Waals surface area contributed by atoms with Gasteiger partial charge in [-0.05, 0) is 36.6 Å². The van der Waals surface area contributed by atoms with Crippen molar-refractivity contribution in [1.29, 1.82) is 0 Å². The molecule has 1 saturated heterocycles. The number of nitrogens with zero attached hydrogens (tertiary/aromatic N) is 3. The molecular formula is C24H24N4O3S2. The molecule has 0 atom stereocenters. The van der Waals surface area contributed by atoms with Crippen LogP contribution in [0.15, 0.2) is 64.4 Å². The maximum absolute atomic E-state index is 13.3. The second kappa shape index (κ2) is 10.7. The molecule has 4 rings (SSSR count). The Labute approximate surface area is 201 Å². The summed E-state index contributed by atoms with van der Waals surface area (Å²) in [5.74, 6) is 0.251. The van der Waals surface area contributed by atoms with E-state index in [0.717, 1.165) is 12.0 Å². The highest BCUT2D eigenvalue weighted by atomic mass is 32.2. The summed E-state index contributed by atoms with van der Waals surface area (Å²) in [7, 11) is 1.64. The molecule has 1 N–H and O–H groups in total. The van der Waals surface area contributed by atoms with E-state index >= 15 is 0 Å². The number of thioether (sulfide) groups is 1. The van der Waals surface area contributed by atoms with E-state index in [4.69, 9.17) is 17.0 Å². The van der Waals surface area contributed by atoms with E-state index in [1.165, 1.54) is 16.2 Å². The molecule has 33 heavy (non-hydrogen) atoms. The summed E-state index contributed by atoms with van der Waals surface area (Å²) in [5, 5.41) is 3.22. The summed E-state index contributed by atoms with van der Waals surface area (Å²) in [5.41, 5.74) is 1.75. The summed E-state index contributed by atoms with van der Waals surface area (Å²) in [6, 6.07) is 15.3. The Morgan fingerprint density at radius 1 is 1.15 bits per heavy atom. The molecule has 0 bridgehead atoms. The molecule has 2 aromatic heterocycles. The maximum atomic E-state index is 13.3. The van der Waals surface area contributed by atoms with Crippen molar-refractivity contribution >= 4 is 51.7 Å². The first-order valence-electron chi connectivity index (χ1n) is 10.6. The van der Waals surface area contributed by atoms with Crippen LogP contribution in [0, 0.1) is 0 Å². The summed E-state index contributed by atoms with van der Waals surface area (Å²) >= 11 is 6.68. The molecule has 0 radical (unpaired) electrons. The van der Waals surface area contributed by atoms with E-state index in [2.05, 4.69) is 10.3 Å². The van der Waals surface area contributed by atoms with E-state index in [0.29, 0.717) is 52.4 Å². The molecule has 0 saturated carbocycles. The third kappa shape index (κ3) is 5.32. The number of benzene rings is 1. The monoisotopic (exact) mass is 480 g/mol. The first-order chi connectivity index (χ1) is 16.1. The summed E-state index contributed by atoms with van der Waals surface area (Å²) in [6.07, 6.45) is 4.73. The molecule has 9 heteroatoms. The van der Waals surface area contributed by atoms with Crippen molar-refractivity contribution in [2.75, 3.05) is 32.1 Å².